The molecule has 0 atom stereocenters. The van der Waals surface area contributed by atoms with Crippen molar-refractivity contribution in [1.29, 1.82) is 0 Å². The number of hydrogen-bond acceptors (Lipinski definition) is 2. The zero-order valence-corrected chi connectivity index (χ0v) is 11.0. The summed E-state index contributed by atoms with van der Waals surface area (Å²) in [6.45, 7) is 0.877. The Hall–Kier alpha value is -1.23. The van der Waals surface area contributed by atoms with Gasteiger partial charge in [0.2, 0.25) is 0 Å². The zero-order valence-electron chi connectivity index (χ0n) is 10.2. The van der Waals surface area contributed by atoms with Crippen LogP contribution in [0.1, 0.15) is 6.42 Å². The lowest BCUT2D eigenvalue weighted by atomic mass is 10.4. The van der Waals surface area contributed by atoms with Gasteiger partial charge in [-0.05, 0) is 36.4 Å². The molecule has 0 spiro atoms. The number of rotatable bonds is 5. The highest BCUT2D eigenvalue weighted by Gasteiger charge is 1.96. The van der Waals surface area contributed by atoms with E-state index in [1.54, 1.807) is 30.9 Å². The molecule has 3 nitrogen and oxygen atoms in total. The van der Waals surface area contributed by atoms with Crippen LogP contribution in [0.3, 0.4) is 0 Å². The number of nitrogens with zero attached hydrogens (tertiary/aromatic N) is 1. The first-order valence-corrected chi connectivity index (χ1v) is 6.51. The van der Waals surface area contributed by atoms with Crippen LogP contribution in [0.15, 0.2) is 34.2 Å². The van der Waals surface area contributed by atoms with Crippen molar-refractivity contribution in [1.82, 2.24) is 10.6 Å². The molecule has 94 valence electrons. The summed E-state index contributed by atoms with van der Waals surface area (Å²) in [7, 11) is 3.58. The average molecular weight is 255 g/mol. The standard InChI is InChI=1S/C12H18FN3S/c1-14-12(15-2)16-8-3-9-17-11-6-4-10(13)5-7-11/h4-7H,3,8-9H2,1-2H3,(H2,14,15,16). The second-order valence-corrected chi connectivity index (χ2v) is 4.57. The van der Waals surface area contributed by atoms with E-state index >= 15 is 0 Å². The van der Waals surface area contributed by atoms with E-state index in [-0.39, 0.29) is 5.82 Å². The van der Waals surface area contributed by atoms with E-state index in [0.717, 1.165) is 29.6 Å². The van der Waals surface area contributed by atoms with Gasteiger partial charge in [0.1, 0.15) is 5.82 Å². The average Bonchev–Trinajstić information content (AvgIpc) is 2.36. The van der Waals surface area contributed by atoms with Gasteiger partial charge in [-0.2, -0.15) is 0 Å². The van der Waals surface area contributed by atoms with Crippen LogP contribution < -0.4 is 10.6 Å². The molecule has 0 saturated carbocycles. The molecule has 17 heavy (non-hydrogen) atoms. The molecular formula is C12H18FN3S. The predicted molar refractivity (Wildman–Crippen MR) is 72.2 cm³/mol. The third kappa shape index (κ3) is 5.58. The first kappa shape index (κ1) is 13.8. The Balaban J connectivity index is 2.14. The van der Waals surface area contributed by atoms with Gasteiger partial charge in [0, 0.05) is 25.5 Å². The van der Waals surface area contributed by atoms with Gasteiger partial charge in [0.15, 0.2) is 5.96 Å². The fraction of sp³-hybridized carbons (Fsp3) is 0.417. The second kappa shape index (κ2) is 7.95. The molecule has 0 unspecified atom stereocenters. The summed E-state index contributed by atoms with van der Waals surface area (Å²) in [4.78, 5) is 5.12. The quantitative estimate of drug-likeness (QED) is 0.366. The molecule has 0 radical (unpaired) electrons. The van der Waals surface area contributed by atoms with Crippen molar-refractivity contribution in [2.45, 2.75) is 11.3 Å². The van der Waals surface area contributed by atoms with Crippen molar-refractivity contribution < 1.29 is 4.39 Å². The maximum Gasteiger partial charge on any atom is 0.190 e. The van der Waals surface area contributed by atoms with Gasteiger partial charge in [-0.25, -0.2) is 4.39 Å². The van der Waals surface area contributed by atoms with E-state index in [9.17, 15) is 4.39 Å². The van der Waals surface area contributed by atoms with Crippen molar-refractivity contribution in [3.8, 4) is 0 Å². The minimum Gasteiger partial charge on any atom is -0.359 e. The minimum atomic E-state index is -0.186. The van der Waals surface area contributed by atoms with Crippen LogP contribution in [-0.4, -0.2) is 32.4 Å². The highest BCUT2D eigenvalue weighted by molar-refractivity contribution is 7.99. The van der Waals surface area contributed by atoms with Gasteiger partial charge >= 0.3 is 0 Å². The van der Waals surface area contributed by atoms with Crippen molar-refractivity contribution in [2.24, 2.45) is 4.99 Å². The Bertz CT molecular complexity index is 351. The maximum atomic E-state index is 12.7. The Labute approximate surface area is 106 Å². The summed E-state index contributed by atoms with van der Waals surface area (Å²) in [5.41, 5.74) is 0. The van der Waals surface area contributed by atoms with Crippen molar-refractivity contribution in [3.63, 3.8) is 0 Å². The number of thioether (sulfide) groups is 1. The van der Waals surface area contributed by atoms with Crippen molar-refractivity contribution >= 4 is 17.7 Å². The Morgan fingerprint density at radius 1 is 1.35 bits per heavy atom. The van der Waals surface area contributed by atoms with E-state index in [4.69, 9.17) is 0 Å². The van der Waals surface area contributed by atoms with Gasteiger partial charge in [-0.15, -0.1) is 11.8 Å². The molecule has 1 aromatic carbocycles. The van der Waals surface area contributed by atoms with Crippen LogP contribution in [0.5, 0.6) is 0 Å². The highest BCUT2D eigenvalue weighted by atomic mass is 32.2. The largest absolute Gasteiger partial charge is 0.359 e. The van der Waals surface area contributed by atoms with Gasteiger partial charge in [0.25, 0.3) is 0 Å². The molecule has 0 bridgehead atoms. The first-order chi connectivity index (χ1) is 8.26. The molecule has 1 aromatic rings. The van der Waals surface area contributed by atoms with Gasteiger partial charge < -0.3 is 10.6 Å². The Morgan fingerprint density at radius 3 is 2.65 bits per heavy atom. The monoisotopic (exact) mass is 255 g/mol. The van der Waals surface area contributed by atoms with Crippen LogP contribution in [0.25, 0.3) is 0 Å². The number of aliphatic imine (C=N–C) groups is 1. The normalized spacial score (nSPS) is 11.4. The maximum absolute atomic E-state index is 12.7. The summed E-state index contributed by atoms with van der Waals surface area (Å²) in [5, 5.41) is 6.14. The fourth-order valence-electron chi connectivity index (χ4n) is 1.28. The Kier molecular flexibility index (Phi) is 6.47. The van der Waals surface area contributed by atoms with Gasteiger partial charge in [0.05, 0.1) is 0 Å². The lowest BCUT2D eigenvalue weighted by Crippen LogP contribution is -2.35. The second-order valence-electron chi connectivity index (χ2n) is 3.40. The van der Waals surface area contributed by atoms with Crippen LogP contribution in [0, 0.1) is 5.82 Å². The van der Waals surface area contributed by atoms with E-state index in [0.29, 0.717) is 0 Å². The molecule has 2 N–H and O–H groups in total. The van der Waals surface area contributed by atoms with E-state index in [1.165, 1.54) is 12.1 Å². The van der Waals surface area contributed by atoms with E-state index in [2.05, 4.69) is 15.6 Å². The molecule has 0 fully saturated rings. The lowest BCUT2D eigenvalue weighted by molar-refractivity contribution is 0.626. The van der Waals surface area contributed by atoms with Crippen molar-refractivity contribution in [3.05, 3.63) is 30.1 Å². The minimum absolute atomic E-state index is 0.186. The number of guanidine groups is 1. The molecule has 0 aliphatic carbocycles. The molecule has 0 saturated heterocycles. The van der Waals surface area contributed by atoms with Crippen LogP contribution in [0.4, 0.5) is 4.39 Å². The highest BCUT2D eigenvalue weighted by Crippen LogP contribution is 2.18. The molecule has 0 aliphatic heterocycles. The molecule has 0 amide bonds. The third-order valence-electron chi connectivity index (χ3n) is 2.16. The third-order valence-corrected chi connectivity index (χ3v) is 3.25. The topological polar surface area (TPSA) is 36.4 Å². The van der Waals surface area contributed by atoms with E-state index < -0.39 is 0 Å². The summed E-state index contributed by atoms with van der Waals surface area (Å²) >= 11 is 1.73. The molecule has 1 rings (SSSR count). The lowest BCUT2D eigenvalue weighted by Gasteiger charge is -2.07. The Morgan fingerprint density at radius 2 is 2.06 bits per heavy atom. The number of nitrogens with one attached hydrogen (secondary N) is 2. The summed E-state index contributed by atoms with van der Waals surface area (Å²) in [6.07, 6.45) is 1.03. The van der Waals surface area contributed by atoms with Crippen LogP contribution in [0.2, 0.25) is 0 Å². The predicted octanol–water partition coefficient (Wildman–Crippen LogP) is 2.10. The number of halogens is 1. The van der Waals surface area contributed by atoms with Crippen LogP contribution in [-0.2, 0) is 0 Å². The smallest absolute Gasteiger partial charge is 0.190 e. The zero-order chi connectivity index (χ0) is 12.5. The SMILES string of the molecule is CN=C(NC)NCCCSc1ccc(F)cc1. The molecule has 0 aliphatic rings. The number of hydrogen-bond donors (Lipinski definition) is 2. The van der Waals surface area contributed by atoms with E-state index in [1.807, 2.05) is 7.05 Å². The van der Waals surface area contributed by atoms with Gasteiger partial charge in [-0.3, -0.25) is 4.99 Å². The molecule has 0 heterocycles. The summed E-state index contributed by atoms with van der Waals surface area (Å²) in [6, 6.07) is 6.59. The fourth-order valence-corrected chi connectivity index (χ4v) is 2.13. The molecule has 5 heteroatoms. The first-order valence-electron chi connectivity index (χ1n) is 5.53. The van der Waals surface area contributed by atoms with Gasteiger partial charge in [-0.1, -0.05) is 0 Å². The van der Waals surface area contributed by atoms with Crippen molar-refractivity contribution in [2.75, 3.05) is 26.4 Å². The molecular weight excluding hydrogens is 237 g/mol. The summed E-state index contributed by atoms with van der Waals surface area (Å²) in [5.74, 6) is 1.62. The summed E-state index contributed by atoms with van der Waals surface area (Å²) < 4.78 is 12.7. The number of benzene rings is 1. The molecule has 0 aromatic heterocycles. The van der Waals surface area contributed by atoms with Crippen LogP contribution >= 0.6 is 11.8 Å².